The Morgan fingerprint density at radius 3 is 2.39 bits per heavy atom. The van der Waals surface area contributed by atoms with Crippen molar-refractivity contribution in [3.63, 3.8) is 0 Å². The molecule has 0 saturated heterocycles. The molecule has 28 heavy (non-hydrogen) atoms. The molecule has 0 amide bonds. The SMILES string of the molecule is CCOC(=O)C[C@H]1C(C(=O)OCC)=C(N)Oc2ccc(-c3ccccc3)cc21. The van der Waals surface area contributed by atoms with Crippen LogP contribution in [0.3, 0.4) is 0 Å². The maximum atomic E-state index is 12.5. The zero-order chi connectivity index (χ0) is 20.1. The van der Waals surface area contributed by atoms with E-state index in [9.17, 15) is 9.59 Å². The van der Waals surface area contributed by atoms with Crippen molar-refractivity contribution in [3.05, 3.63) is 65.6 Å². The van der Waals surface area contributed by atoms with Gasteiger partial charge in [-0.05, 0) is 37.1 Å². The van der Waals surface area contributed by atoms with Gasteiger partial charge in [-0.1, -0.05) is 36.4 Å². The quantitative estimate of drug-likeness (QED) is 0.771. The molecular weight excluding hydrogens is 358 g/mol. The number of ether oxygens (including phenoxy) is 3. The lowest BCUT2D eigenvalue weighted by molar-refractivity contribution is -0.143. The second-order valence-electron chi connectivity index (χ2n) is 6.28. The first kappa shape index (κ1) is 19.5. The van der Waals surface area contributed by atoms with E-state index in [-0.39, 0.29) is 31.1 Å². The minimum Gasteiger partial charge on any atom is -0.466 e. The Bertz CT molecular complexity index is 904. The van der Waals surface area contributed by atoms with Crippen molar-refractivity contribution in [2.45, 2.75) is 26.2 Å². The average Bonchev–Trinajstić information content (AvgIpc) is 2.68. The molecule has 1 atom stereocenters. The Hall–Kier alpha value is -3.28. The summed E-state index contributed by atoms with van der Waals surface area (Å²) in [5, 5.41) is 0. The fraction of sp³-hybridized carbons (Fsp3) is 0.273. The number of hydrogen-bond acceptors (Lipinski definition) is 6. The molecule has 0 radical (unpaired) electrons. The average molecular weight is 381 g/mol. The number of hydrogen-bond donors (Lipinski definition) is 1. The van der Waals surface area contributed by atoms with Crippen LogP contribution in [-0.2, 0) is 19.1 Å². The highest BCUT2D eigenvalue weighted by molar-refractivity contribution is 5.93. The standard InChI is InChI=1S/C22H23NO5/c1-3-26-19(24)13-17-16-12-15(14-8-6-5-7-9-14)10-11-18(16)28-21(23)20(17)22(25)27-4-2/h5-12,17H,3-4,13,23H2,1-2H3/t17-/m1/s1. The van der Waals surface area contributed by atoms with Gasteiger partial charge in [0.2, 0.25) is 5.88 Å². The van der Waals surface area contributed by atoms with E-state index in [1.165, 1.54) is 0 Å². The number of rotatable bonds is 6. The lowest BCUT2D eigenvalue weighted by atomic mass is 9.84. The van der Waals surface area contributed by atoms with Crippen molar-refractivity contribution in [1.29, 1.82) is 0 Å². The molecule has 0 unspecified atom stereocenters. The van der Waals surface area contributed by atoms with Gasteiger partial charge >= 0.3 is 11.9 Å². The van der Waals surface area contributed by atoms with E-state index in [2.05, 4.69) is 0 Å². The lowest BCUT2D eigenvalue weighted by Gasteiger charge is -2.28. The van der Waals surface area contributed by atoms with E-state index in [0.717, 1.165) is 11.1 Å². The molecule has 146 valence electrons. The molecule has 1 heterocycles. The number of benzene rings is 2. The molecule has 6 heteroatoms. The molecule has 2 aromatic rings. The largest absolute Gasteiger partial charge is 0.466 e. The molecular formula is C22H23NO5. The van der Waals surface area contributed by atoms with Crippen LogP contribution in [0.15, 0.2) is 60.0 Å². The van der Waals surface area contributed by atoms with Crippen LogP contribution in [0.1, 0.15) is 31.7 Å². The van der Waals surface area contributed by atoms with Crippen LogP contribution in [0.4, 0.5) is 0 Å². The third kappa shape index (κ3) is 4.01. The number of carbonyl (C=O) groups excluding carboxylic acids is 2. The van der Waals surface area contributed by atoms with Gasteiger partial charge in [0.05, 0.1) is 19.6 Å². The predicted molar refractivity (Wildman–Crippen MR) is 104 cm³/mol. The maximum absolute atomic E-state index is 12.5. The molecule has 0 saturated carbocycles. The summed E-state index contributed by atoms with van der Waals surface area (Å²) in [6, 6.07) is 15.4. The maximum Gasteiger partial charge on any atom is 0.340 e. The molecule has 6 nitrogen and oxygen atoms in total. The molecule has 1 aliphatic heterocycles. The summed E-state index contributed by atoms with van der Waals surface area (Å²) < 4.78 is 15.9. The summed E-state index contributed by atoms with van der Waals surface area (Å²) in [5.41, 5.74) is 8.82. The number of carbonyl (C=O) groups is 2. The first-order chi connectivity index (χ1) is 13.5. The van der Waals surface area contributed by atoms with Gasteiger partial charge in [0.15, 0.2) is 0 Å². The number of fused-ring (bicyclic) bond motifs is 1. The van der Waals surface area contributed by atoms with Gasteiger partial charge in [0.25, 0.3) is 0 Å². The van der Waals surface area contributed by atoms with Gasteiger partial charge in [-0.15, -0.1) is 0 Å². The van der Waals surface area contributed by atoms with Crippen LogP contribution in [0.25, 0.3) is 11.1 Å². The first-order valence-electron chi connectivity index (χ1n) is 9.24. The van der Waals surface area contributed by atoms with E-state index >= 15 is 0 Å². The topological polar surface area (TPSA) is 87.9 Å². The normalized spacial score (nSPS) is 15.4. The van der Waals surface area contributed by atoms with E-state index in [1.807, 2.05) is 42.5 Å². The minimum absolute atomic E-state index is 0.0305. The van der Waals surface area contributed by atoms with E-state index in [4.69, 9.17) is 19.9 Å². The molecule has 0 aliphatic carbocycles. The van der Waals surface area contributed by atoms with Gasteiger partial charge in [-0.25, -0.2) is 4.79 Å². The molecule has 3 rings (SSSR count). The summed E-state index contributed by atoms with van der Waals surface area (Å²) in [5.74, 6) is -1.15. The Kier molecular flexibility index (Phi) is 5.99. The molecule has 1 aliphatic rings. The van der Waals surface area contributed by atoms with Gasteiger partial charge in [0, 0.05) is 11.5 Å². The van der Waals surface area contributed by atoms with Gasteiger partial charge in [-0.2, -0.15) is 0 Å². The van der Waals surface area contributed by atoms with Gasteiger partial charge in [-0.3, -0.25) is 4.79 Å². The highest BCUT2D eigenvalue weighted by Gasteiger charge is 2.36. The third-order valence-electron chi connectivity index (χ3n) is 4.50. The molecule has 2 N–H and O–H groups in total. The van der Waals surface area contributed by atoms with Crippen LogP contribution in [0.5, 0.6) is 5.75 Å². The van der Waals surface area contributed by atoms with Crippen LogP contribution < -0.4 is 10.5 Å². The Labute approximate surface area is 163 Å². The Morgan fingerprint density at radius 2 is 1.71 bits per heavy atom. The number of nitrogens with two attached hydrogens (primary N) is 1. The number of esters is 2. The van der Waals surface area contributed by atoms with Crippen molar-refractivity contribution >= 4 is 11.9 Å². The van der Waals surface area contributed by atoms with Crippen molar-refractivity contribution < 1.29 is 23.8 Å². The van der Waals surface area contributed by atoms with Crippen molar-refractivity contribution in [1.82, 2.24) is 0 Å². The van der Waals surface area contributed by atoms with Crippen LogP contribution >= 0.6 is 0 Å². The predicted octanol–water partition coefficient (Wildman–Crippen LogP) is 3.52. The highest BCUT2D eigenvalue weighted by Crippen LogP contribution is 2.42. The summed E-state index contributed by atoms with van der Waals surface area (Å²) in [7, 11) is 0. The van der Waals surface area contributed by atoms with Crippen molar-refractivity contribution in [2.75, 3.05) is 13.2 Å². The molecule has 0 spiro atoms. The zero-order valence-electron chi connectivity index (χ0n) is 15.9. The second kappa shape index (κ2) is 8.61. The van der Waals surface area contributed by atoms with E-state index in [1.54, 1.807) is 19.9 Å². The lowest BCUT2D eigenvalue weighted by Crippen LogP contribution is -2.28. The molecule has 0 fully saturated rings. The monoisotopic (exact) mass is 381 g/mol. The van der Waals surface area contributed by atoms with Crippen molar-refractivity contribution in [3.8, 4) is 16.9 Å². The summed E-state index contributed by atoms with van der Waals surface area (Å²) in [4.78, 5) is 24.8. The first-order valence-corrected chi connectivity index (χ1v) is 9.24. The highest BCUT2D eigenvalue weighted by atomic mass is 16.5. The fourth-order valence-electron chi connectivity index (χ4n) is 3.27. The zero-order valence-corrected chi connectivity index (χ0v) is 15.9. The van der Waals surface area contributed by atoms with Gasteiger partial charge < -0.3 is 19.9 Å². The van der Waals surface area contributed by atoms with Crippen LogP contribution in [0.2, 0.25) is 0 Å². The fourth-order valence-corrected chi connectivity index (χ4v) is 3.27. The summed E-state index contributed by atoms with van der Waals surface area (Å²) in [6.45, 7) is 3.89. The van der Waals surface area contributed by atoms with Crippen LogP contribution in [0, 0.1) is 0 Å². The molecule has 2 aromatic carbocycles. The molecule has 0 bridgehead atoms. The van der Waals surface area contributed by atoms with Crippen molar-refractivity contribution in [2.24, 2.45) is 5.73 Å². The summed E-state index contributed by atoms with van der Waals surface area (Å²) in [6.07, 6.45) is -0.0305. The van der Waals surface area contributed by atoms with E-state index < -0.39 is 17.9 Å². The van der Waals surface area contributed by atoms with Crippen LogP contribution in [-0.4, -0.2) is 25.2 Å². The van der Waals surface area contributed by atoms with Gasteiger partial charge in [0.1, 0.15) is 11.3 Å². The molecule has 0 aromatic heterocycles. The third-order valence-corrected chi connectivity index (χ3v) is 4.50. The Morgan fingerprint density at radius 1 is 1.00 bits per heavy atom. The summed E-state index contributed by atoms with van der Waals surface area (Å²) >= 11 is 0. The van der Waals surface area contributed by atoms with E-state index in [0.29, 0.717) is 11.3 Å². The smallest absolute Gasteiger partial charge is 0.340 e. The minimum atomic E-state index is -0.606. The second-order valence-corrected chi connectivity index (χ2v) is 6.28. The Balaban J connectivity index is 2.07.